The van der Waals surface area contributed by atoms with Crippen LogP contribution in [0.25, 0.3) is 0 Å². The summed E-state index contributed by atoms with van der Waals surface area (Å²) in [5.41, 5.74) is 2.74. The number of benzene rings is 3. The first-order chi connectivity index (χ1) is 18.4. The minimum atomic E-state index is -0.692. The molecule has 0 spiro atoms. The van der Waals surface area contributed by atoms with Crippen LogP contribution in [-0.4, -0.2) is 47.1 Å². The van der Waals surface area contributed by atoms with Crippen LogP contribution in [0.1, 0.15) is 30.0 Å². The van der Waals surface area contributed by atoms with Gasteiger partial charge in [-0.2, -0.15) is 0 Å². The predicted molar refractivity (Wildman–Crippen MR) is 150 cm³/mol. The second-order valence-electron chi connectivity index (χ2n) is 8.79. The van der Waals surface area contributed by atoms with Gasteiger partial charge in [-0.1, -0.05) is 61.5 Å². The van der Waals surface area contributed by atoms with Crippen molar-refractivity contribution in [2.24, 2.45) is 0 Å². The molecule has 3 aromatic carbocycles. The number of methoxy groups -OCH3 is 1. The molecule has 9 heteroatoms. The summed E-state index contributed by atoms with van der Waals surface area (Å²) in [5.74, 6) is 1.01. The fraction of sp³-hybridized carbons (Fsp3) is 0.310. The molecule has 3 rings (SSSR count). The third-order valence-corrected chi connectivity index (χ3v) is 6.94. The number of amides is 2. The molecule has 0 aliphatic rings. The van der Waals surface area contributed by atoms with Gasteiger partial charge in [-0.3, -0.25) is 19.7 Å². The molecule has 1 N–H and O–H groups in total. The third kappa shape index (κ3) is 8.62. The van der Waals surface area contributed by atoms with Gasteiger partial charge in [-0.15, -0.1) is 11.8 Å². The molecule has 1 atom stereocenters. The Hall–Kier alpha value is -3.85. The highest BCUT2D eigenvalue weighted by Crippen LogP contribution is 2.21. The number of nitro groups is 1. The van der Waals surface area contributed by atoms with E-state index in [2.05, 4.69) is 5.32 Å². The Bertz CT molecular complexity index is 1200. The van der Waals surface area contributed by atoms with Gasteiger partial charge in [-0.25, -0.2) is 0 Å². The van der Waals surface area contributed by atoms with Crippen molar-refractivity contribution in [2.45, 2.75) is 38.1 Å². The number of nitrogens with zero attached hydrogens (tertiary/aromatic N) is 2. The van der Waals surface area contributed by atoms with E-state index >= 15 is 0 Å². The summed E-state index contributed by atoms with van der Waals surface area (Å²) in [7, 11) is 1.59. The average molecular weight is 536 g/mol. The van der Waals surface area contributed by atoms with E-state index in [1.54, 1.807) is 24.1 Å². The van der Waals surface area contributed by atoms with Crippen LogP contribution in [-0.2, 0) is 28.3 Å². The van der Waals surface area contributed by atoms with Crippen molar-refractivity contribution in [3.8, 4) is 5.75 Å². The van der Waals surface area contributed by atoms with Crippen LogP contribution in [0.3, 0.4) is 0 Å². The van der Waals surface area contributed by atoms with Crippen LogP contribution < -0.4 is 10.1 Å². The molecule has 3 aromatic rings. The Kier molecular flexibility index (Phi) is 11.2. The molecule has 0 saturated heterocycles. The van der Waals surface area contributed by atoms with Gasteiger partial charge >= 0.3 is 0 Å². The molecular weight excluding hydrogens is 502 g/mol. The fourth-order valence-electron chi connectivity index (χ4n) is 3.94. The summed E-state index contributed by atoms with van der Waals surface area (Å²) in [4.78, 5) is 39.1. The number of carbonyl (C=O) groups is 2. The predicted octanol–water partition coefficient (Wildman–Crippen LogP) is 5.00. The first kappa shape index (κ1) is 28.7. The summed E-state index contributed by atoms with van der Waals surface area (Å²) in [5, 5.41) is 13.9. The van der Waals surface area contributed by atoms with Gasteiger partial charge in [-0.05, 0) is 35.2 Å². The van der Waals surface area contributed by atoms with Crippen molar-refractivity contribution < 1.29 is 19.2 Å². The van der Waals surface area contributed by atoms with E-state index in [0.717, 1.165) is 23.1 Å². The van der Waals surface area contributed by atoms with Crippen LogP contribution in [0, 0.1) is 10.1 Å². The molecule has 0 heterocycles. The molecule has 0 aromatic heterocycles. The largest absolute Gasteiger partial charge is 0.497 e. The molecule has 2 amide bonds. The smallest absolute Gasteiger partial charge is 0.269 e. The van der Waals surface area contributed by atoms with E-state index in [9.17, 15) is 19.7 Å². The number of hydrogen-bond donors (Lipinski definition) is 1. The lowest BCUT2D eigenvalue weighted by molar-refractivity contribution is -0.384. The summed E-state index contributed by atoms with van der Waals surface area (Å²) >= 11 is 1.41. The lowest BCUT2D eigenvalue weighted by atomic mass is 10.0. The van der Waals surface area contributed by atoms with E-state index in [1.807, 2.05) is 61.5 Å². The molecule has 38 heavy (non-hydrogen) atoms. The monoisotopic (exact) mass is 535 g/mol. The highest BCUT2D eigenvalue weighted by molar-refractivity contribution is 7.99. The minimum Gasteiger partial charge on any atom is -0.497 e. The number of nitro benzene ring substituents is 1. The third-order valence-electron chi connectivity index (χ3n) is 5.95. The lowest BCUT2D eigenvalue weighted by Crippen LogP contribution is -2.51. The Morgan fingerprint density at radius 3 is 2.37 bits per heavy atom. The normalized spacial score (nSPS) is 11.4. The van der Waals surface area contributed by atoms with Crippen LogP contribution in [0.4, 0.5) is 5.69 Å². The second kappa shape index (κ2) is 14.8. The Balaban J connectivity index is 1.82. The standard InChI is InChI=1S/C29H33N3O5S/c1-3-16-30-29(34)27(18-22-8-5-4-6-9-22)31(19-24-10-7-11-26(17-24)37-2)28(33)21-38-20-23-12-14-25(15-13-23)32(35)36/h4-15,17,27H,3,16,18-21H2,1-2H3,(H,30,34)/t27-/m1/s1. The molecule has 0 aliphatic carbocycles. The number of hydrogen-bond acceptors (Lipinski definition) is 6. The summed E-state index contributed by atoms with van der Waals surface area (Å²) in [6.07, 6.45) is 1.18. The maximum absolute atomic E-state index is 13.7. The first-order valence-electron chi connectivity index (χ1n) is 12.5. The maximum atomic E-state index is 13.7. The van der Waals surface area contributed by atoms with Gasteiger partial charge in [0.2, 0.25) is 11.8 Å². The van der Waals surface area contributed by atoms with Crippen molar-refractivity contribution >= 4 is 29.3 Å². The van der Waals surface area contributed by atoms with Crippen LogP contribution in [0.2, 0.25) is 0 Å². The zero-order valence-corrected chi connectivity index (χ0v) is 22.5. The van der Waals surface area contributed by atoms with E-state index in [4.69, 9.17) is 4.74 Å². The first-order valence-corrected chi connectivity index (χ1v) is 13.6. The molecule has 200 valence electrons. The molecule has 0 aliphatic heterocycles. The fourth-order valence-corrected chi connectivity index (χ4v) is 4.81. The van der Waals surface area contributed by atoms with Crippen LogP contribution >= 0.6 is 11.8 Å². The minimum absolute atomic E-state index is 0.0288. The van der Waals surface area contributed by atoms with E-state index < -0.39 is 11.0 Å². The highest BCUT2D eigenvalue weighted by atomic mass is 32.2. The van der Waals surface area contributed by atoms with Crippen LogP contribution in [0.5, 0.6) is 5.75 Å². The lowest BCUT2D eigenvalue weighted by Gasteiger charge is -2.31. The van der Waals surface area contributed by atoms with Crippen molar-refractivity contribution in [2.75, 3.05) is 19.4 Å². The van der Waals surface area contributed by atoms with Gasteiger partial charge in [0.25, 0.3) is 5.69 Å². The Morgan fingerprint density at radius 1 is 1.00 bits per heavy atom. The van der Waals surface area contributed by atoms with Crippen LogP contribution in [0.15, 0.2) is 78.9 Å². The van der Waals surface area contributed by atoms with Gasteiger partial charge in [0, 0.05) is 37.4 Å². The van der Waals surface area contributed by atoms with Crippen molar-refractivity contribution in [3.63, 3.8) is 0 Å². The summed E-state index contributed by atoms with van der Waals surface area (Å²) < 4.78 is 5.36. The molecule has 0 radical (unpaired) electrons. The molecule has 0 unspecified atom stereocenters. The number of carbonyl (C=O) groups excluding carboxylic acids is 2. The van der Waals surface area contributed by atoms with Crippen molar-refractivity contribution in [1.29, 1.82) is 0 Å². The maximum Gasteiger partial charge on any atom is 0.269 e. The van der Waals surface area contributed by atoms with Gasteiger partial charge in [0.15, 0.2) is 0 Å². The zero-order chi connectivity index (χ0) is 27.3. The van der Waals surface area contributed by atoms with Gasteiger partial charge in [0.05, 0.1) is 17.8 Å². The number of nitrogens with one attached hydrogen (secondary N) is 1. The van der Waals surface area contributed by atoms with Gasteiger partial charge in [0.1, 0.15) is 11.8 Å². The van der Waals surface area contributed by atoms with E-state index in [-0.39, 0.29) is 29.8 Å². The highest BCUT2D eigenvalue weighted by Gasteiger charge is 2.30. The molecular formula is C29H33N3O5S. The Morgan fingerprint density at radius 2 is 1.71 bits per heavy atom. The molecule has 0 fully saturated rings. The summed E-state index contributed by atoms with van der Waals surface area (Å²) in [6, 6.07) is 22.8. The molecule has 8 nitrogen and oxygen atoms in total. The number of non-ortho nitro benzene ring substituents is 1. The van der Waals surface area contributed by atoms with Crippen molar-refractivity contribution in [3.05, 3.63) is 106 Å². The Labute approximate surface area is 227 Å². The number of rotatable bonds is 14. The topological polar surface area (TPSA) is 102 Å². The second-order valence-corrected chi connectivity index (χ2v) is 9.77. The zero-order valence-electron chi connectivity index (χ0n) is 21.7. The summed E-state index contributed by atoms with van der Waals surface area (Å²) in [6.45, 7) is 2.77. The SMILES string of the molecule is CCCNC(=O)[C@@H](Cc1ccccc1)N(Cc1cccc(OC)c1)C(=O)CSCc1ccc([N+](=O)[O-])cc1. The molecule has 0 saturated carbocycles. The van der Waals surface area contributed by atoms with E-state index in [0.29, 0.717) is 24.5 Å². The molecule has 0 bridgehead atoms. The quantitative estimate of drug-likeness (QED) is 0.230. The van der Waals surface area contributed by atoms with Crippen molar-refractivity contribution in [1.82, 2.24) is 10.2 Å². The van der Waals surface area contributed by atoms with Gasteiger partial charge < -0.3 is 15.0 Å². The average Bonchev–Trinajstić information content (AvgIpc) is 2.94. The number of thioether (sulfide) groups is 1. The number of ether oxygens (including phenoxy) is 1. The van der Waals surface area contributed by atoms with E-state index in [1.165, 1.54) is 23.9 Å².